The average molecular weight is 143 g/mol. The van der Waals surface area contributed by atoms with Gasteiger partial charge in [-0.15, -0.1) is 0 Å². The Labute approximate surface area is 60.6 Å². The summed E-state index contributed by atoms with van der Waals surface area (Å²) in [5.41, 5.74) is 0. The van der Waals surface area contributed by atoms with Gasteiger partial charge in [0, 0.05) is 13.6 Å². The summed E-state index contributed by atoms with van der Waals surface area (Å²) in [7, 11) is 1.65. The van der Waals surface area contributed by atoms with E-state index < -0.39 is 0 Å². The number of rotatable bonds is 0. The minimum atomic E-state index is 0.00667. The number of carbonyl (C=O) groups is 1. The van der Waals surface area contributed by atoms with Gasteiger partial charge in [0.25, 0.3) is 0 Å². The molecule has 58 valence electrons. The highest BCUT2D eigenvalue weighted by molar-refractivity contribution is 5.73. The number of carbonyl (C=O) groups excluding carboxylic acids is 1. The first kappa shape index (κ1) is 7.34. The Morgan fingerprint density at radius 3 is 3.00 bits per heavy atom. The van der Waals surface area contributed by atoms with Crippen molar-refractivity contribution in [2.75, 3.05) is 26.8 Å². The maximum atomic E-state index is 10.9. The van der Waals surface area contributed by atoms with Gasteiger partial charge in [0.2, 0.25) is 0 Å². The number of hydrogen-bond donors (Lipinski definition) is 2. The molecule has 0 aromatic rings. The van der Waals surface area contributed by atoms with Gasteiger partial charge in [-0.1, -0.05) is 0 Å². The van der Waals surface area contributed by atoms with Crippen LogP contribution >= 0.6 is 0 Å². The zero-order valence-corrected chi connectivity index (χ0v) is 6.18. The van der Waals surface area contributed by atoms with Gasteiger partial charge in [0.05, 0.1) is 6.67 Å². The van der Waals surface area contributed by atoms with Gasteiger partial charge < -0.3 is 10.2 Å². The largest absolute Gasteiger partial charge is 0.341 e. The van der Waals surface area contributed by atoms with Crippen molar-refractivity contribution in [3.05, 3.63) is 0 Å². The number of nitrogens with one attached hydrogen (secondary N) is 2. The van der Waals surface area contributed by atoms with Gasteiger partial charge in [0.15, 0.2) is 0 Å². The van der Waals surface area contributed by atoms with Crippen LogP contribution in [0.25, 0.3) is 0 Å². The molecule has 0 saturated carbocycles. The number of urea groups is 1. The number of nitrogens with zero attached hydrogens (tertiary/aromatic N) is 1. The fourth-order valence-electron chi connectivity index (χ4n) is 1.02. The molecule has 0 radical (unpaired) electrons. The van der Waals surface area contributed by atoms with Gasteiger partial charge in [-0.25, -0.2) is 4.79 Å². The smallest absolute Gasteiger partial charge is 0.318 e. The molecule has 1 saturated heterocycles. The van der Waals surface area contributed by atoms with E-state index in [1.807, 2.05) is 0 Å². The van der Waals surface area contributed by atoms with E-state index in [0.29, 0.717) is 6.67 Å². The molecule has 1 aliphatic heterocycles. The van der Waals surface area contributed by atoms with E-state index in [-0.39, 0.29) is 6.03 Å². The minimum absolute atomic E-state index is 0.00667. The minimum Gasteiger partial charge on any atom is -0.341 e. The molecule has 0 aromatic carbocycles. The molecule has 0 spiro atoms. The van der Waals surface area contributed by atoms with Crippen molar-refractivity contribution < 1.29 is 4.79 Å². The summed E-state index contributed by atoms with van der Waals surface area (Å²) >= 11 is 0. The summed E-state index contributed by atoms with van der Waals surface area (Å²) in [5, 5.41) is 5.70. The van der Waals surface area contributed by atoms with Crippen molar-refractivity contribution in [3.63, 3.8) is 0 Å². The predicted octanol–water partition coefficient (Wildman–Crippen LogP) is -0.421. The van der Waals surface area contributed by atoms with Gasteiger partial charge in [0.1, 0.15) is 0 Å². The Hall–Kier alpha value is -0.770. The summed E-state index contributed by atoms with van der Waals surface area (Å²) in [6.45, 7) is 2.57. The first-order valence-corrected chi connectivity index (χ1v) is 3.52. The van der Waals surface area contributed by atoms with Crippen LogP contribution in [-0.4, -0.2) is 37.7 Å². The molecule has 1 aliphatic rings. The molecule has 0 atom stereocenters. The zero-order valence-electron chi connectivity index (χ0n) is 6.18. The van der Waals surface area contributed by atoms with E-state index in [4.69, 9.17) is 0 Å². The Morgan fingerprint density at radius 1 is 1.70 bits per heavy atom. The van der Waals surface area contributed by atoms with Crippen LogP contribution in [0.5, 0.6) is 0 Å². The monoisotopic (exact) mass is 143 g/mol. The molecule has 10 heavy (non-hydrogen) atoms. The molecule has 4 heteroatoms. The van der Waals surface area contributed by atoms with E-state index in [9.17, 15) is 4.79 Å². The lowest BCUT2D eigenvalue weighted by molar-refractivity contribution is 0.184. The van der Waals surface area contributed by atoms with E-state index in [2.05, 4.69) is 10.6 Å². The molecule has 1 heterocycles. The van der Waals surface area contributed by atoms with Crippen molar-refractivity contribution in [2.24, 2.45) is 0 Å². The summed E-state index contributed by atoms with van der Waals surface area (Å²) in [6.07, 6.45) is 1.05. The van der Waals surface area contributed by atoms with Crippen molar-refractivity contribution >= 4 is 6.03 Å². The maximum Gasteiger partial charge on any atom is 0.318 e. The molecule has 4 nitrogen and oxygen atoms in total. The van der Waals surface area contributed by atoms with Crippen LogP contribution in [0.15, 0.2) is 0 Å². The lowest BCUT2D eigenvalue weighted by Gasteiger charge is -2.26. The van der Waals surface area contributed by atoms with E-state index in [1.54, 1.807) is 11.9 Å². The molecular weight excluding hydrogens is 130 g/mol. The second-order valence-corrected chi connectivity index (χ2v) is 2.33. The Morgan fingerprint density at radius 2 is 2.50 bits per heavy atom. The third-order valence-electron chi connectivity index (χ3n) is 1.59. The van der Waals surface area contributed by atoms with Crippen molar-refractivity contribution in [2.45, 2.75) is 6.42 Å². The fraction of sp³-hybridized carbons (Fsp3) is 0.833. The third-order valence-corrected chi connectivity index (χ3v) is 1.59. The van der Waals surface area contributed by atoms with Crippen LogP contribution in [0.3, 0.4) is 0 Å². The van der Waals surface area contributed by atoms with Crippen LogP contribution in [0.2, 0.25) is 0 Å². The van der Waals surface area contributed by atoms with E-state index >= 15 is 0 Å². The lowest BCUT2D eigenvalue weighted by Crippen LogP contribution is -2.48. The van der Waals surface area contributed by atoms with Crippen LogP contribution in [0, 0.1) is 0 Å². The van der Waals surface area contributed by atoms with Crippen molar-refractivity contribution in [3.8, 4) is 0 Å². The quantitative estimate of drug-likeness (QED) is 0.483. The van der Waals surface area contributed by atoms with Gasteiger partial charge >= 0.3 is 6.03 Å². The van der Waals surface area contributed by atoms with Crippen LogP contribution < -0.4 is 10.6 Å². The fourth-order valence-corrected chi connectivity index (χ4v) is 1.02. The van der Waals surface area contributed by atoms with Crippen molar-refractivity contribution in [1.82, 2.24) is 15.5 Å². The molecule has 2 N–H and O–H groups in total. The second kappa shape index (κ2) is 3.41. The zero-order chi connectivity index (χ0) is 7.40. The molecule has 0 bridgehead atoms. The first-order chi connectivity index (χ1) is 4.84. The average Bonchev–Trinajstić information content (AvgIpc) is 2.05. The molecule has 0 aromatic heterocycles. The highest BCUT2D eigenvalue weighted by atomic mass is 16.2. The first-order valence-electron chi connectivity index (χ1n) is 3.52. The number of amides is 2. The molecule has 0 unspecified atom stereocenters. The summed E-state index contributed by atoms with van der Waals surface area (Å²) in [4.78, 5) is 12.7. The van der Waals surface area contributed by atoms with Gasteiger partial charge in [-0.2, -0.15) is 0 Å². The Balaban J connectivity index is 2.31. The van der Waals surface area contributed by atoms with Crippen LogP contribution in [0.4, 0.5) is 4.79 Å². The number of hydrogen-bond acceptors (Lipinski definition) is 2. The van der Waals surface area contributed by atoms with Crippen LogP contribution in [-0.2, 0) is 0 Å². The highest BCUT2D eigenvalue weighted by Crippen LogP contribution is 1.94. The van der Waals surface area contributed by atoms with E-state index in [1.165, 1.54) is 0 Å². The molecule has 1 rings (SSSR count). The topological polar surface area (TPSA) is 44.4 Å². The second-order valence-electron chi connectivity index (χ2n) is 2.33. The van der Waals surface area contributed by atoms with Gasteiger partial charge in [-0.3, -0.25) is 5.32 Å². The lowest BCUT2D eigenvalue weighted by atomic mass is 10.3. The van der Waals surface area contributed by atoms with Crippen molar-refractivity contribution in [1.29, 1.82) is 0 Å². The molecule has 2 amide bonds. The molecular formula is C6H13N3O. The third kappa shape index (κ3) is 1.60. The van der Waals surface area contributed by atoms with E-state index in [0.717, 1.165) is 19.5 Å². The summed E-state index contributed by atoms with van der Waals surface area (Å²) in [6, 6.07) is 0.00667. The predicted molar refractivity (Wildman–Crippen MR) is 38.6 cm³/mol. The SMILES string of the molecule is CNC(=O)N1CCCNC1. The normalized spacial score (nSPS) is 18.7. The Kier molecular flexibility index (Phi) is 2.50. The summed E-state index contributed by atoms with van der Waals surface area (Å²) in [5.74, 6) is 0. The summed E-state index contributed by atoms with van der Waals surface area (Å²) < 4.78 is 0. The maximum absolute atomic E-state index is 10.9. The van der Waals surface area contributed by atoms with Gasteiger partial charge in [-0.05, 0) is 13.0 Å². The highest BCUT2D eigenvalue weighted by Gasteiger charge is 2.13. The standard InChI is InChI=1S/C6H13N3O/c1-7-6(10)9-4-2-3-8-5-9/h8H,2-5H2,1H3,(H,7,10). The molecule has 0 aliphatic carbocycles. The molecule has 1 fully saturated rings. The van der Waals surface area contributed by atoms with Crippen LogP contribution in [0.1, 0.15) is 6.42 Å². The Bertz CT molecular complexity index is 120.